The molecule has 1 aromatic rings. The number of aromatic amines is 1. The van der Waals surface area contributed by atoms with Crippen molar-refractivity contribution in [2.45, 2.75) is 12.5 Å². The number of nitrogens with two attached hydrogens (primary N) is 1. The van der Waals surface area contributed by atoms with Crippen molar-refractivity contribution in [3.63, 3.8) is 0 Å². The van der Waals surface area contributed by atoms with Crippen molar-refractivity contribution in [1.29, 1.82) is 0 Å². The molecule has 0 aliphatic carbocycles. The lowest BCUT2D eigenvalue weighted by Crippen LogP contribution is -2.27. The summed E-state index contributed by atoms with van der Waals surface area (Å²) >= 11 is 0. The van der Waals surface area contributed by atoms with Crippen molar-refractivity contribution in [3.8, 4) is 0 Å². The standard InChI is InChI=1S/C8H12N4O/c9-6-1-2-12(4-6)7-3-8(13)11-5-10-7/h3,5-6H,1-2,4,9H2,(H,10,11,13). The fourth-order valence-electron chi connectivity index (χ4n) is 1.53. The molecule has 1 aromatic heterocycles. The maximum Gasteiger partial charge on any atom is 0.252 e. The first-order chi connectivity index (χ1) is 6.25. The van der Waals surface area contributed by atoms with Crippen molar-refractivity contribution in [1.82, 2.24) is 9.97 Å². The molecule has 5 heteroatoms. The average Bonchev–Trinajstić information content (AvgIpc) is 2.52. The molecule has 2 heterocycles. The van der Waals surface area contributed by atoms with Crippen LogP contribution in [0.1, 0.15) is 6.42 Å². The summed E-state index contributed by atoms with van der Waals surface area (Å²) in [5.41, 5.74) is 5.63. The summed E-state index contributed by atoms with van der Waals surface area (Å²) in [5.74, 6) is 0.719. The molecule has 70 valence electrons. The summed E-state index contributed by atoms with van der Waals surface area (Å²) in [6.45, 7) is 1.67. The lowest BCUT2D eigenvalue weighted by molar-refractivity contribution is 0.751. The second kappa shape index (κ2) is 3.18. The number of nitrogens with one attached hydrogen (secondary N) is 1. The van der Waals surface area contributed by atoms with E-state index < -0.39 is 0 Å². The van der Waals surface area contributed by atoms with Crippen molar-refractivity contribution < 1.29 is 0 Å². The molecule has 1 atom stereocenters. The maximum absolute atomic E-state index is 11.0. The van der Waals surface area contributed by atoms with Gasteiger partial charge in [0.25, 0.3) is 5.56 Å². The molecule has 1 aliphatic heterocycles. The van der Waals surface area contributed by atoms with E-state index in [1.807, 2.05) is 4.90 Å². The van der Waals surface area contributed by atoms with E-state index >= 15 is 0 Å². The van der Waals surface area contributed by atoms with E-state index in [4.69, 9.17) is 5.73 Å². The summed E-state index contributed by atoms with van der Waals surface area (Å²) in [7, 11) is 0. The molecule has 2 rings (SSSR count). The smallest absolute Gasteiger partial charge is 0.252 e. The van der Waals surface area contributed by atoms with Gasteiger partial charge in [0.2, 0.25) is 0 Å². The SMILES string of the molecule is NC1CCN(c2cc(=O)[nH]cn2)C1. The highest BCUT2D eigenvalue weighted by Gasteiger charge is 2.19. The number of nitrogens with zero attached hydrogens (tertiary/aromatic N) is 2. The first-order valence-electron chi connectivity index (χ1n) is 4.31. The molecule has 3 N–H and O–H groups in total. The molecule has 0 radical (unpaired) electrons. The third kappa shape index (κ3) is 1.70. The van der Waals surface area contributed by atoms with E-state index in [0.29, 0.717) is 0 Å². The van der Waals surface area contributed by atoms with Crippen LogP contribution in [0.5, 0.6) is 0 Å². The number of aromatic nitrogens is 2. The van der Waals surface area contributed by atoms with E-state index in [-0.39, 0.29) is 11.6 Å². The number of hydrogen-bond acceptors (Lipinski definition) is 4. The zero-order valence-electron chi connectivity index (χ0n) is 7.23. The topological polar surface area (TPSA) is 75.0 Å². The fourth-order valence-corrected chi connectivity index (χ4v) is 1.53. The van der Waals surface area contributed by atoms with Gasteiger partial charge in [-0.25, -0.2) is 4.98 Å². The highest BCUT2D eigenvalue weighted by Crippen LogP contribution is 2.14. The van der Waals surface area contributed by atoms with Crippen molar-refractivity contribution in [2.75, 3.05) is 18.0 Å². The molecule has 1 saturated heterocycles. The minimum Gasteiger partial charge on any atom is -0.355 e. The Kier molecular flexibility index (Phi) is 2.02. The first kappa shape index (κ1) is 8.25. The fraction of sp³-hybridized carbons (Fsp3) is 0.500. The van der Waals surface area contributed by atoms with Crippen LogP contribution < -0.4 is 16.2 Å². The van der Waals surface area contributed by atoms with Gasteiger partial charge < -0.3 is 15.6 Å². The van der Waals surface area contributed by atoms with Gasteiger partial charge in [-0.05, 0) is 6.42 Å². The van der Waals surface area contributed by atoms with Crippen LogP contribution in [0.4, 0.5) is 5.82 Å². The maximum atomic E-state index is 11.0. The third-order valence-electron chi connectivity index (χ3n) is 2.21. The highest BCUT2D eigenvalue weighted by molar-refractivity contribution is 5.38. The molecule has 0 saturated carbocycles. The molecule has 0 spiro atoms. The second-order valence-corrected chi connectivity index (χ2v) is 3.26. The van der Waals surface area contributed by atoms with Crippen LogP contribution in [0.3, 0.4) is 0 Å². The Balaban J connectivity index is 2.21. The Labute approximate surface area is 75.6 Å². The average molecular weight is 180 g/mol. The van der Waals surface area contributed by atoms with Gasteiger partial charge in [0.1, 0.15) is 5.82 Å². The molecule has 1 unspecified atom stereocenters. The van der Waals surface area contributed by atoms with Crippen molar-refractivity contribution in [3.05, 3.63) is 22.7 Å². The summed E-state index contributed by atoms with van der Waals surface area (Å²) in [6, 6.07) is 1.71. The minimum atomic E-state index is -0.120. The third-order valence-corrected chi connectivity index (χ3v) is 2.21. The summed E-state index contributed by atoms with van der Waals surface area (Å²) in [6.07, 6.45) is 2.38. The zero-order chi connectivity index (χ0) is 9.26. The normalized spacial score (nSPS) is 22.2. The lowest BCUT2D eigenvalue weighted by atomic mass is 10.3. The monoisotopic (exact) mass is 180 g/mol. The molecule has 1 fully saturated rings. The Morgan fingerprint density at radius 2 is 2.54 bits per heavy atom. The van der Waals surface area contributed by atoms with E-state index in [1.165, 1.54) is 12.4 Å². The molecular formula is C8H12N4O. The molecule has 5 nitrogen and oxygen atoms in total. The van der Waals surface area contributed by atoms with Gasteiger partial charge in [0.05, 0.1) is 6.33 Å². The van der Waals surface area contributed by atoms with Gasteiger partial charge in [0.15, 0.2) is 0 Å². The van der Waals surface area contributed by atoms with Gasteiger partial charge in [-0.15, -0.1) is 0 Å². The Bertz CT molecular complexity index is 348. The lowest BCUT2D eigenvalue weighted by Gasteiger charge is -2.15. The van der Waals surface area contributed by atoms with Gasteiger partial charge in [-0.1, -0.05) is 0 Å². The first-order valence-corrected chi connectivity index (χ1v) is 4.31. The predicted molar refractivity (Wildman–Crippen MR) is 49.7 cm³/mol. The van der Waals surface area contributed by atoms with E-state index in [9.17, 15) is 4.79 Å². The number of rotatable bonds is 1. The van der Waals surface area contributed by atoms with E-state index in [1.54, 1.807) is 0 Å². The predicted octanol–water partition coefficient (Wildman–Crippen LogP) is -0.693. The number of H-pyrrole nitrogens is 1. The summed E-state index contributed by atoms with van der Waals surface area (Å²) in [4.78, 5) is 19.6. The number of hydrogen-bond donors (Lipinski definition) is 2. The van der Waals surface area contributed by atoms with Crippen LogP contribution in [-0.2, 0) is 0 Å². The van der Waals surface area contributed by atoms with E-state index in [0.717, 1.165) is 25.3 Å². The largest absolute Gasteiger partial charge is 0.355 e. The van der Waals surface area contributed by atoms with Crippen LogP contribution >= 0.6 is 0 Å². The molecule has 0 aromatic carbocycles. The van der Waals surface area contributed by atoms with Crippen LogP contribution in [0, 0.1) is 0 Å². The van der Waals surface area contributed by atoms with Gasteiger partial charge >= 0.3 is 0 Å². The van der Waals surface area contributed by atoms with Crippen molar-refractivity contribution >= 4 is 5.82 Å². The molecule has 13 heavy (non-hydrogen) atoms. The molecule has 0 bridgehead atoms. The van der Waals surface area contributed by atoms with Crippen LogP contribution in [0.2, 0.25) is 0 Å². The Morgan fingerprint density at radius 3 is 3.15 bits per heavy atom. The Morgan fingerprint density at radius 1 is 1.69 bits per heavy atom. The minimum absolute atomic E-state index is 0.120. The van der Waals surface area contributed by atoms with Crippen LogP contribution in [0.15, 0.2) is 17.2 Å². The summed E-state index contributed by atoms with van der Waals surface area (Å²) < 4.78 is 0. The van der Waals surface area contributed by atoms with Gasteiger partial charge in [-0.3, -0.25) is 4.79 Å². The second-order valence-electron chi connectivity index (χ2n) is 3.26. The van der Waals surface area contributed by atoms with Crippen molar-refractivity contribution in [2.24, 2.45) is 5.73 Å². The molecule has 0 amide bonds. The highest BCUT2D eigenvalue weighted by atomic mass is 16.1. The number of anilines is 1. The Hall–Kier alpha value is -1.36. The van der Waals surface area contributed by atoms with Crippen LogP contribution in [0.25, 0.3) is 0 Å². The molecule has 1 aliphatic rings. The summed E-state index contributed by atoms with van der Waals surface area (Å²) in [5, 5.41) is 0. The van der Waals surface area contributed by atoms with E-state index in [2.05, 4.69) is 9.97 Å². The molecular weight excluding hydrogens is 168 g/mol. The van der Waals surface area contributed by atoms with Gasteiger partial charge in [-0.2, -0.15) is 0 Å². The zero-order valence-corrected chi connectivity index (χ0v) is 7.23. The van der Waals surface area contributed by atoms with Gasteiger partial charge in [0, 0.05) is 25.2 Å². The quantitative estimate of drug-likeness (QED) is 0.599. The van der Waals surface area contributed by atoms with Crippen LogP contribution in [-0.4, -0.2) is 29.1 Å².